The predicted octanol–water partition coefficient (Wildman–Crippen LogP) is 2.38. The van der Waals surface area contributed by atoms with Gasteiger partial charge in [-0.15, -0.1) is 6.58 Å². The van der Waals surface area contributed by atoms with Crippen molar-refractivity contribution in [3.8, 4) is 6.07 Å². The van der Waals surface area contributed by atoms with Gasteiger partial charge in [0.2, 0.25) is 0 Å². The lowest BCUT2D eigenvalue weighted by molar-refractivity contribution is -0.141. The Morgan fingerprint density at radius 1 is 1.62 bits per heavy atom. The lowest BCUT2D eigenvalue weighted by Crippen LogP contribution is -2.15. The first-order valence-corrected chi connectivity index (χ1v) is 5.00. The number of benzene rings is 1. The van der Waals surface area contributed by atoms with Crippen LogP contribution in [0.5, 0.6) is 0 Å². The molecule has 0 aliphatic heterocycles. The second-order valence-electron chi connectivity index (χ2n) is 3.58. The van der Waals surface area contributed by atoms with Crippen molar-refractivity contribution in [2.45, 2.75) is 12.8 Å². The molecule has 1 atom stereocenters. The van der Waals surface area contributed by atoms with Crippen molar-refractivity contribution in [3.63, 3.8) is 0 Å². The van der Waals surface area contributed by atoms with Crippen molar-refractivity contribution in [2.75, 3.05) is 0 Å². The zero-order chi connectivity index (χ0) is 12.0. The molecule has 1 N–H and O–H groups in total. The van der Waals surface area contributed by atoms with E-state index in [-0.39, 0.29) is 0 Å². The monoisotopic (exact) mass is 215 g/mol. The highest BCUT2D eigenvalue weighted by molar-refractivity contribution is 5.70. The average Bonchev–Trinajstić information content (AvgIpc) is 2.28. The number of nitrogens with zero attached hydrogens (tertiary/aromatic N) is 1. The number of carboxylic acids is 1. The van der Waals surface area contributed by atoms with Crippen molar-refractivity contribution >= 4 is 5.97 Å². The smallest absolute Gasteiger partial charge is 0.307 e. The summed E-state index contributed by atoms with van der Waals surface area (Å²) in [6.45, 7) is 3.54. The van der Waals surface area contributed by atoms with Crippen LogP contribution in [0, 0.1) is 17.2 Å². The van der Waals surface area contributed by atoms with Crippen LogP contribution in [0.2, 0.25) is 0 Å². The SMILES string of the molecule is C=CCC(Cc1cccc(C#N)c1)C(=O)O. The molecule has 0 aliphatic rings. The molecule has 16 heavy (non-hydrogen) atoms. The zero-order valence-corrected chi connectivity index (χ0v) is 8.89. The Morgan fingerprint density at radius 3 is 2.94 bits per heavy atom. The van der Waals surface area contributed by atoms with E-state index in [0.29, 0.717) is 18.4 Å². The van der Waals surface area contributed by atoms with Crippen molar-refractivity contribution in [2.24, 2.45) is 5.92 Å². The quantitative estimate of drug-likeness (QED) is 0.767. The van der Waals surface area contributed by atoms with Gasteiger partial charge in [-0.25, -0.2) is 0 Å². The van der Waals surface area contributed by atoms with Crippen molar-refractivity contribution in [1.82, 2.24) is 0 Å². The molecule has 0 heterocycles. The predicted molar refractivity (Wildman–Crippen MR) is 60.8 cm³/mol. The van der Waals surface area contributed by atoms with Gasteiger partial charge in [0.15, 0.2) is 0 Å². The molecular formula is C13H13NO2. The third kappa shape index (κ3) is 3.25. The molecule has 1 aromatic rings. The minimum atomic E-state index is -0.831. The summed E-state index contributed by atoms with van der Waals surface area (Å²) in [7, 11) is 0. The first-order valence-electron chi connectivity index (χ1n) is 5.00. The number of hydrogen-bond acceptors (Lipinski definition) is 2. The molecule has 0 aromatic heterocycles. The topological polar surface area (TPSA) is 61.1 Å². The van der Waals surface area contributed by atoms with E-state index in [1.165, 1.54) is 0 Å². The first-order chi connectivity index (χ1) is 7.67. The summed E-state index contributed by atoms with van der Waals surface area (Å²) >= 11 is 0. The number of hydrogen-bond donors (Lipinski definition) is 1. The second kappa shape index (κ2) is 5.72. The van der Waals surface area contributed by atoms with Gasteiger partial charge in [0.05, 0.1) is 17.6 Å². The highest BCUT2D eigenvalue weighted by atomic mass is 16.4. The van der Waals surface area contributed by atoms with Crippen LogP contribution < -0.4 is 0 Å². The van der Waals surface area contributed by atoms with E-state index in [9.17, 15) is 4.79 Å². The van der Waals surface area contributed by atoms with Crippen LogP contribution in [0.3, 0.4) is 0 Å². The van der Waals surface area contributed by atoms with E-state index < -0.39 is 11.9 Å². The lowest BCUT2D eigenvalue weighted by Gasteiger charge is -2.09. The van der Waals surface area contributed by atoms with Gasteiger partial charge in [-0.05, 0) is 30.5 Å². The molecule has 0 amide bonds. The van der Waals surface area contributed by atoms with Crippen molar-refractivity contribution < 1.29 is 9.90 Å². The average molecular weight is 215 g/mol. The summed E-state index contributed by atoms with van der Waals surface area (Å²) in [5.41, 5.74) is 1.42. The Labute approximate surface area is 94.6 Å². The Bertz CT molecular complexity index is 432. The maximum atomic E-state index is 10.9. The Hall–Kier alpha value is -2.08. The highest BCUT2D eigenvalue weighted by Gasteiger charge is 2.16. The number of allylic oxidation sites excluding steroid dienone is 1. The lowest BCUT2D eigenvalue weighted by atomic mass is 9.95. The van der Waals surface area contributed by atoms with Crippen LogP contribution in [0.25, 0.3) is 0 Å². The largest absolute Gasteiger partial charge is 0.481 e. The molecule has 3 nitrogen and oxygen atoms in total. The summed E-state index contributed by atoms with van der Waals surface area (Å²) in [5.74, 6) is -1.30. The molecule has 1 rings (SSSR count). The molecule has 0 aliphatic carbocycles. The molecule has 0 spiro atoms. The summed E-state index contributed by atoms with van der Waals surface area (Å²) in [5, 5.41) is 17.7. The van der Waals surface area contributed by atoms with Gasteiger partial charge in [-0.2, -0.15) is 5.26 Å². The minimum absolute atomic E-state index is 0.427. The van der Waals surface area contributed by atoms with Gasteiger partial charge in [0.1, 0.15) is 0 Å². The molecule has 0 fully saturated rings. The molecular weight excluding hydrogens is 202 g/mol. The first kappa shape index (κ1) is 12.0. The fourth-order valence-electron chi connectivity index (χ4n) is 1.53. The van der Waals surface area contributed by atoms with Gasteiger partial charge in [0.25, 0.3) is 0 Å². The molecule has 3 heteroatoms. The van der Waals surface area contributed by atoms with Crippen molar-refractivity contribution in [3.05, 3.63) is 48.0 Å². The number of rotatable bonds is 5. The van der Waals surface area contributed by atoms with Gasteiger partial charge in [-0.1, -0.05) is 18.2 Å². The molecule has 1 unspecified atom stereocenters. The van der Waals surface area contributed by atoms with Crippen LogP contribution in [0.15, 0.2) is 36.9 Å². The molecule has 0 bridgehead atoms. The maximum Gasteiger partial charge on any atom is 0.307 e. The fraction of sp³-hybridized carbons (Fsp3) is 0.231. The molecule has 0 saturated carbocycles. The zero-order valence-electron chi connectivity index (χ0n) is 8.89. The number of aliphatic carboxylic acids is 1. The van der Waals surface area contributed by atoms with Crippen LogP contribution in [0.4, 0.5) is 0 Å². The third-order valence-corrected chi connectivity index (χ3v) is 2.34. The standard InChI is InChI=1S/C13H13NO2/c1-2-4-12(13(15)16)8-10-5-3-6-11(7-10)9-14/h2-3,5-7,12H,1,4,8H2,(H,15,16). The third-order valence-electron chi connectivity index (χ3n) is 2.34. The van der Waals surface area contributed by atoms with E-state index in [1.807, 2.05) is 12.1 Å². The summed E-state index contributed by atoms with van der Waals surface area (Å²) in [6, 6.07) is 9.05. The van der Waals surface area contributed by atoms with Gasteiger partial charge >= 0.3 is 5.97 Å². The van der Waals surface area contributed by atoms with Gasteiger partial charge in [0, 0.05) is 0 Å². The number of carbonyl (C=O) groups is 1. The normalized spacial score (nSPS) is 11.4. The molecule has 0 saturated heterocycles. The summed E-state index contributed by atoms with van der Waals surface area (Å²) in [4.78, 5) is 10.9. The van der Waals surface area contributed by atoms with Gasteiger partial charge < -0.3 is 5.11 Å². The Kier molecular flexibility index (Phi) is 4.28. The van der Waals surface area contributed by atoms with Crippen LogP contribution in [-0.2, 0) is 11.2 Å². The van der Waals surface area contributed by atoms with E-state index in [4.69, 9.17) is 10.4 Å². The fourth-order valence-corrected chi connectivity index (χ4v) is 1.53. The second-order valence-corrected chi connectivity index (χ2v) is 3.58. The highest BCUT2D eigenvalue weighted by Crippen LogP contribution is 2.14. The van der Waals surface area contributed by atoms with E-state index in [0.717, 1.165) is 5.56 Å². The van der Waals surface area contributed by atoms with Crippen molar-refractivity contribution in [1.29, 1.82) is 5.26 Å². The Morgan fingerprint density at radius 2 is 2.38 bits per heavy atom. The summed E-state index contributed by atoms with van der Waals surface area (Å²) < 4.78 is 0. The van der Waals surface area contributed by atoms with Crippen LogP contribution in [0.1, 0.15) is 17.5 Å². The number of carboxylic acid groups (broad SMARTS) is 1. The van der Waals surface area contributed by atoms with E-state index >= 15 is 0 Å². The van der Waals surface area contributed by atoms with Gasteiger partial charge in [-0.3, -0.25) is 4.79 Å². The minimum Gasteiger partial charge on any atom is -0.481 e. The molecule has 82 valence electrons. The van der Waals surface area contributed by atoms with Crippen LogP contribution in [-0.4, -0.2) is 11.1 Å². The maximum absolute atomic E-state index is 10.9. The van der Waals surface area contributed by atoms with E-state index in [2.05, 4.69) is 6.58 Å². The summed E-state index contributed by atoms with van der Waals surface area (Å²) in [6.07, 6.45) is 2.47. The Balaban J connectivity index is 2.81. The molecule has 1 aromatic carbocycles. The molecule has 0 radical (unpaired) electrons. The van der Waals surface area contributed by atoms with E-state index in [1.54, 1.807) is 24.3 Å². The number of nitriles is 1. The van der Waals surface area contributed by atoms with Crippen LogP contribution >= 0.6 is 0 Å².